The second-order valence-electron chi connectivity index (χ2n) is 7.60. The molecule has 1 aromatic carbocycles. The van der Waals surface area contributed by atoms with Gasteiger partial charge in [0.05, 0.1) is 11.3 Å². The standard InChI is InChI=1S/C21H25F3N6O5S/c1-14(32)30(16(12-31)7-4-10-27-20(25)26)29-11-5-9-18(19(29)33)28-36(34,35)13-15-6-2-3-8-17(15)21(22,23)24/h2-3,5-6,8-9,11-12,16,28H,4,7,10,13H2,1H3,(H4,25,26,27)/t16-/m0/s1. The summed E-state index contributed by atoms with van der Waals surface area (Å²) in [6, 6.07) is 5.35. The number of nitrogens with two attached hydrogens (primary N) is 2. The largest absolute Gasteiger partial charge is 0.416 e. The number of aldehydes is 1. The van der Waals surface area contributed by atoms with Gasteiger partial charge in [-0.25, -0.2) is 18.1 Å². The summed E-state index contributed by atoms with van der Waals surface area (Å²) in [5.41, 5.74) is 7.30. The number of aliphatic imine (C=N–C) groups is 1. The summed E-state index contributed by atoms with van der Waals surface area (Å²) in [7, 11) is -4.48. The average molecular weight is 531 g/mol. The molecule has 1 atom stereocenters. The second-order valence-corrected chi connectivity index (χ2v) is 9.33. The molecule has 0 radical (unpaired) electrons. The van der Waals surface area contributed by atoms with Gasteiger partial charge < -0.3 is 16.3 Å². The Balaban J connectivity index is 2.35. The van der Waals surface area contributed by atoms with Crippen LogP contribution >= 0.6 is 0 Å². The van der Waals surface area contributed by atoms with Crippen molar-refractivity contribution in [3.8, 4) is 0 Å². The van der Waals surface area contributed by atoms with Gasteiger partial charge in [0.15, 0.2) is 5.96 Å². The van der Waals surface area contributed by atoms with E-state index in [1.807, 2.05) is 4.72 Å². The Morgan fingerprint density at radius 1 is 1.22 bits per heavy atom. The fourth-order valence-electron chi connectivity index (χ4n) is 3.36. The summed E-state index contributed by atoms with van der Waals surface area (Å²) in [6.45, 7) is 1.26. The lowest BCUT2D eigenvalue weighted by molar-refractivity contribution is -0.138. The van der Waals surface area contributed by atoms with Crippen LogP contribution in [0.5, 0.6) is 0 Å². The molecule has 0 saturated carbocycles. The van der Waals surface area contributed by atoms with Crippen molar-refractivity contribution in [1.82, 2.24) is 4.68 Å². The van der Waals surface area contributed by atoms with Crippen LogP contribution in [0, 0.1) is 0 Å². The highest BCUT2D eigenvalue weighted by Crippen LogP contribution is 2.32. The van der Waals surface area contributed by atoms with Crippen molar-refractivity contribution in [2.75, 3.05) is 16.3 Å². The number of alkyl halides is 3. The van der Waals surface area contributed by atoms with Gasteiger partial charge in [-0.1, -0.05) is 18.2 Å². The van der Waals surface area contributed by atoms with Gasteiger partial charge >= 0.3 is 6.18 Å². The lowest BCUT2D eigenvalue weighted by Gasteiger charge is -2.28. The maximum atomic E-state index is 13.2. The SMILES string of the molecule is CC(=O)N([C@H](C=O)CCCN=C(N)N)n1cccc(NS(=O)(=O)Cc2ccccc2C(F)(F)F)c1=O. The number of carbonyl (C=O) groups is 2. The number of rotatable bonds is 11. The molecule has 0 aliphatic rings. The van der Waals surface area contributed by atoms with Crippen LogP contribution in [0.3, 0.4) is 0 Å². The van der Waals surface area contributed by atoms with Crippen LogP contribution in [0.2, 0.25) is 0 Å². The van der Waals surface area contributed by atoms with Crippen molar-refractivity contribution in [3.05, 3.63) is 64.1 Å². The van der Waals surface area contributed by atoms with Gasteiger partial charge in [-0.3, -0.25) is 19.3 Å². The molecule has 1 amide bonds. The smallest absolute Gasteiger partial charge is 0.370 e. The third-order valence-electron chi connectivity index (χ3n) is 4.84. The summed E-state index contributed by atoms with van der Waals surface area (Å²) in [4.78, 5) is 40.8. The summed E-state index contributed by atoms with van der Waals surface area (Å²) in [5, 5.41) is 0.835. The van der Waals surface area contributed by atoms with E-state index in [0.29, 0.717) is 6.29 Å². The van der Waals surface area contributed by atoms with E-state index in [-0.39, 0.29) is 25.3 Å². The van der Waals surface area contributed by atoms with E-state index in [9.17, 15) is 36.0 Å². The highest BCUT2D eigenvalue weighted by molar-refractivity contribution is 7.91. The predicted molar refractivity (Wildman–Crippen MR) is 127 cm³/mol. The summed E-state index contributed by atoms with van der Waals surface area (Å²) in [5.74, 6) is -1.92. The summed E-state index contributed by atoms with van der Waals surface area (Å²) in [6.07, 6.45) is -2.83. The number of amides is 1. The zero-order valence-corrected chi connectivity index (χ0v) is 19.9. The number of guanidine groups is 1. The van der Waals surface area contributed by atoms with E-state index in [1.54, 1.807) is 0 Å². The van der Waals surface area contributed by atoms with Gasteiger partial charge in [-0.15, -0.1) is 0 Å². The Morgan fingerprint density at radius 2 is 1.89 bits per heavy atom. The Morgan fingerprint density at radius 3 is 2.47 bits per heavy atom. The van der Waals surface area contributed by atoms with E-state index in [2.05, 4.69) is 4.99 Å². The fraction of sp³-hybridized carbons (Fsp3) is 0.333. The van der Waals surface area contributed by atoms with Gasteiger partial charge in [0.2, 0.25) is 15.9 Å². The number of benzene rings is 1. The quantitative estimate of drug-likeness (QED) is 0.168. The van der Waals surface area contributed by atoms with Gasteiger partial charge in [-0.05, 0) is 36.6 Å². The predicted octanol–water partition coefficient (Wildman–Crippen LogP) is 0.915. The molecule has 1 heterocycles. The molecule has 0 fully saturated rings. The van der Waals surface area contributed by atoms with Gasteiger partial charge in [0, 0.05) is 19.7 Å². The second kappa shape index (κ2) is 11.7. The van der Waals surface area contributed by atoms with Crippen molar-refractivity contribution in [1.29, 1.82) is 0 Å². The Hall–Kier alpha value is -3.88. The molecule has 2 aromatic rings. The number of sulfonamides is 1. The van der Waals surface area contributed by atoms with Crippen LogP contribution in [-0.2, 0) is 31.5 Å². The zero-order valence-electron chi connectivity index (χ0n) is 19.1. The fourth-order valence-corrected chi connectivity index (χ4v) is 4.59. The van der Waals surface area contributed by atoms with Crippen molar-refractivity contribution in [3.63, 3.8) is 0 Å². The van der Waals surface area contributed by atoms with E-state index >= 15 is 0 Å². The van der Waals surface area contributed by atoms with Crippen LogP contribution in [-0.4, -0.2) is 43.8 Å². The van der Waals surface area contributed by atoms with Crippen molar-refractivity contribution in [2.45, 2.75) is 37.7 Å². The number of aromatic nitrogens is 1. The highest BCUT2D eigenvalue weighted by atomic mass is 32.2. The molecule has 15 heteroatoms. The molecule has 2 rings (SSSR count). The molecule has 0 saturated heterocycles. The maximum absolute atomic E-state index is 13.2. The number of hydrogen-bond acceptors (Lipinski definition) is 6. The van der Waals surface area contributed by atoms with Crippen LogP contribution in [0.1, 0.15) is 30.9 Å². The lowest BCUT2D eigenvalue weighted by atomic mass is 10.1. The molecule has 0 aliphatic heterocycles. The maximum Gasteiger partial charge on any atom is 0.416 e. The molecule has 0 aliphatic carbocycles. The number of carbonyl (C=O) groups excluding carboxylic acids is 2. The van der Waals surface area contributed by atoms with Gasteiger partial charge in [0.25, 0.3) is 5.56 Å². The van der Waals surface area contributed by atoms with Crippen LogP contribution in [0.15, 0.2) is 52.4 Å². The molecular weight excluding hydrogens is 505 g/mol. The topological polar surface area (TPSA) is 170 Å². The molecule has 196 valence electrons. The molecule has 5 N–H and O–H groups in total. The molecule has 11 nitrogen and oxygen atoms in total. The number of anilines is 1. The van der Waals surface area contributed by atoms with E-state index in [4.69, 9.17) is 11.5 Å². The van der Waals surface area contributed by atoms with Crippen LogP contribution in [0.4, 0.5) is 18.9 Å². The Kier molecular flexibility index (Phi) is 9.22. The zero-order chi connectivity index (χ0) is 27.1. The summed E-state index contributed by atoms with van der Waals surface area (Å²) >= 11 is 0. The number of hydrogen-bond donors (Lipinski definition) is 3. The molecule has 1 aromatic heterocycles. The number of pyridine rings is 1. The number of halogens is 3. The summed E-state index contributed by atoms with van der Waals surface area (Å²) < 4.78 is 67.7. The number of nitrogens with zero attached hydrogens (tertiary/aromatic N) is 3. The van der Waals surface area contributed by atoms with Crippen LogP contribution < -0.4 is 26.8 Å². The van der Waals surface area contributed by atoms with Gasteiger partial charge in [0.1, 0.15) is 18.0 Å². The number of nitrogens with one attached hydrogen (secondary N) is 1. The lowest BCUT2D eigenvalue weighted by Crippen LogP contribution is -2.52. The van der Waals surface area contributed by atoms with E-state index < -0.39 is 56.3 Å². The molecule has 0 spiro atoms. The molecule has 0 unspecified atom stereocenters. The Bertz CT molecular complexity index is 1290. The van der Waals surface area contributed by atoms with Crippen LogP contribution in [0.25, 0.3) is 0 Å². The molecule has 0 bridgehead atoms. The monoisotopic (exact) mass is 530 g/mol. The first-order valence-electron chi connectivity index (χ1n) is 10.4. The first kappa shape index (κ1) is 28.4. The molecule has 36 heavy (non-hydrogen) atoms. The van der Waals surface area contributed by atoms with Crippen molar-refractivity contribution < 1.29 is 31.2 Å². The third-order valence-corrected chi connectivity index (χ3v) is 6.06. The van der Waals surface area contributed by atoms with E-state index in [0.717, 1.165) is 47.1 Å². The average Bonchev–Trinajstić information content (AvgIpc) is 2.76. The van der Waals surface area contributed by atoms with E-state index in [1.165, 1.54) is 12.1 Å². The first-order chi connectivity index (χ1) is 16.8. The van der Waals surface area contributed by atoms with Crippen molar-refractivity contribution in [2.24, 2.45) is 16.5 Å². The molecular formula is C21H25F3N6O5S. The minimum atomic E-state index is -4.78. The third kappa shape index (κ3) is 7.56. The van der Waals surface area contributed by atoms with Gasteiger partial charge in [-0.2, -0.15) is 13.2 Å². The normalized spacial score (nSPS) is 12.4. The highest BCUT2D eigenvalue weighted by Gasteiger charge is 2.34. The minimum Gasteiger partial charge on any atom is -0.370 e. The first-order valence-corrected chi connectivity index (χ1v) is 12.1. The minimum absolute atomic E-state index is 0.0798. The Labute approximate surface area is 204 Å². The van der Waals surface area contributed by atoms with Crippen molar-refractivity contribution >= 4 is 33.9 Å².